The van der Waals surface area contributed by atoms with Crippen LogP contribution < -0.4 is 14.8 Å². The topological polar surface area (TPSA) is 78.3 Å². The fraction of sp³-hybridized carbons (Fsp3) is 0.227. The number of ether oxygens (including phenoxy) is 2. The van der Waals surface area contributed by atoms with E-state index in [0.717, 1.165) is 28.1 Å². The van der Waals surface area contributed by atoms with Gasteiger partial charge in [-0.3, -0.25) is 10.1 Å². The number of carbonyl (C=O) groups excluding carboxylic acids is 1. The number of nitrogens with one attached hydrogen (secondary N) is 1. The zero-order chi connectivity index (χ0) is 21.1. The van der Waals surface area contributed by atoms with Crippen molar-refractivity contribution in [1.29, 1.82) is 0 Å². The second-order valence-electron chi connectivity index (χ2n) is 6.61. The van der Waals surface area contributed by atoms with E-state index in [-0.39, 0.29) is 12.3 Å². The number of nitrogens with zero attached hydrogens (tertiary/aromatic N) is 3. The molecular formula is C22H22N4O3S. The highest BCUT2D eigenvalue weighted by Crippen LogP contribution is 2.33. The Hall–Kier alpha value is -3.39. The van der Waals surface area contributed by atoms with Crippen molar-refractivity contribution in [3.05, 3.63) is 53.5 Å². The Kier molecular flexibility index (Phi) is 5.67. The van der Waals surface area contributed by atoms with Crippen LogP contribution in [0, 0.1) is 0 Å². The van der Waals surface area contributed by atoms with Crippen LogP contribution in [0.4, 0.5) is 5.95 Å². The molecule has 8 heteroatoms. The minimum Gasteiger partial charge on any atom is -0.493 e. The number of para-hydroxylation sites is 2. The SMILES string of the molecule is CCn1c(NC(=O)Cc2csc(-c3ccc(OC)c(OC)c3)n2)nc2ccccc21. The molecule has 1 amide bonds. The summed E-state index contributed by atoms with van der Waals surface area (Å²) in [6.07, 6.45) is 0.177. The van der Waals surface area contributed by atoms with Gasteiger partial charge in [0.05, 0.1) is 37.4 Å². The number of carbonyl (C=O) groups is 1. The maximum atomic E-state index is 12.6. The van der Waals surface area contributed by atoms with Crippen LogP contribution in [0.1, 0.15) is 12.6 Å². The van der Waals surface area contributed by atoms with E-state index in [1.807, 2.05) is 59.3 Å². The number of imidazole rings is 1. The highest BCUT2D eigenvalue weighted by molar-refractivity contribution is 7.13. The molecule has 4 rings (SSSR count). The molecule has 0 bridgehead atoms. The average molecular weight is 423 g/mol. The van der Waals surface area contributed by atoms with E-state index in [1.165, 1.54) is 11.3 Å². The van der Waals surface area contributed by atoms with Gasteiger partial charge < -0.3 is 14.0 Å². The van der Waals surface area contributed by atoms with Gasteiger partial charge in [-0.25, -0.2) is 9.97 Å². The van der Waals surface area contributed by atoms with Crippen molar-refractivity contribution in [3.8, 4) is 22.1 Å². The number of aromatic nitrogens is 3. The number of anilines is 1. The summed E-state index contributed by atoms with van der Waals surface area (Å²) in [6, 6.07) is 13.5. The lowest BCUT2D eigenvalue weighted by molar-refractivity contribution is -0.115. The third-order valence-electron chi connectivity index (χ3n) is 4.75. The first-order valence-corrected chi connectivity index (χ1v) is 10.4. The molecule has 0 unspecified atom stereocenters. The van der Waals surface area contributed by atoms with Crippen molar-refractivity contribution in [2.24, 2.45) is 0 Å². The van der Waals surface area contributed by atoms with Gasteiger partial charge in [-0.1, -0.05) is 12.1 Å². The number of hydrogen-bond donors (Lipinski definition) is 1. The molecule has 30 heavy (non-hydrogen) atoms. The van der Waals surface area contributed by atoms with E-state index in [4.69, 9.17) is 9.47 Å². The third-order valence-corrected chi connectivity index (χ3v) is 5.69. The predicted octanol–water partition coefficient (Wildman–Crippen LogP) is 4.38. The van der Waals surface area contributed by atoms with Crippen LogP contribution in [0.15, 0.2) is 47.8 Å². The van der Waals surface area contributed by atoms with E-state index in [1.54, 1.807) is 14.2 Å². The summed E-state index contributed by atoms with van der Waals surface area (Å²) in [5.74, 6) is 1.71. The first-order chi connectivity index (χ1) is 14.6. The Morgan fingerprint density at radius 1 is 1.10 bits per heavy atom. The smallest absolute Gasteiger partial charge is 0.232 e. The minimum absolute atomic E-state index is 0.149. The van der Waals surface area contributed by atoms with Crippen molar-refractivity contribution in [1.82, 2.24) is 14.5 Å². The number of benzene rings is 2. The van der Waals surface area contributed by atoms with Gasteiger partial charge in [0, 0.05) is 17.5 Å². The van der Waals surface area contributed by atoms with Gasteiger partial charge in [-0.2, -0.15) is 0 Å². The van der Waals surface area contributed by atoms with Gasteiger partial charge >= 0.3 is 0 Å². The number of aryl methyl sites for hydroxylation is 1. The van der Waals surface area contributed by atoms with Crippen LogP contribution in [0.3, 0.4) is 0 Å². The normalized spacial score (nSPS) is 10.9. The van der Waals surface area contributed by atoms with Crippen LogP contribution in [0.25, 0.3) is 21.6 Å². The Morgan fingerprint density at radius 2 is 1.90 bits per heavy atom. The van der Waals surface area contributed by atoms with Crippen molar-refractivity contribution < 1.29 is 14.3 Å². The average Bonchev–Trinajstić information content (AvgIpc) is 3.36. The third kappa shape index (κ3) is 3.86. The van der Waals surface area contributed by atoms with Gasteiger partial charge in [-0.05, 0) is 37.3 Å². The molecule has 0 aliphatic carbocycles. The van der Waals surface area contributed by atoms with Crippen LogP contribution >= 0.6 is 11.3 Å². The molecule has 0 fully saturated rings. The molecule has 7 nitrogen and oxygen atoms in total. The Labute approximate surface area is 178 Å². The molecule has 0 saturated heterocycles. The molecule has 0 atom stereocenters. The fourth-order valence-electron chi connectivity index (χ4n) is 3.31. The summed E-state index contributed by atoms with van der Waals surface area (Å²) in [5.41, 5.74) is 3.48. The van der Waals surface area contributed by atoms with Crippen LogP contribution in [-0.2, 0) is 17.8 Å². The summed E-state index contributed by atoms with van der Waals surface area (Å²) in [4.78, 5) is 21.8. The molecule has 0 radical (unpaired) electrons. The molecular weight excluding hydrogens is 400 g/mol. The molecule has 0 saturated carbocycles. The maximum absolute atomic E-state index is 12.6. The molecule has 0 aliphatic rings. The van der Waals surface area contributed by atoms with Crippen LogP contribution in [-0.4, -0.2) is 34.7 Å². The predicted molar refractivity (Wildman–Crippen MR) is 118 cm³/mol. The zero-order valence-corrected chi connectivity index (χ0v) is 17.8. The van der Waals surface area contributed by atoms with Crippen LogP contribution in [0.2, 0.25) is 0 Å². The van der Waals surface area contributed by atoms with E-state index in [0.29, 0.717) is 23.1 Å². The van der Waals surface area contributed by atoms with E-state index in [2.05, 4.69) is 15.3 Å². The molecule has 1 N–H and O–H groups in total. The fourth-order valence-corrected chi connectivity index (χ4v) is 4.13. The summed E-state index contributed by atoms with van der Waals surface area (Å²) < 4.78 is 12.6. The van der Waals surface area contributed by atoms with Gasteiger partial charge in [0.25, 0.3) is 0 Å². The summed E-state index contributed by atoms with van der Waals surface area (Å²) in [5, 5.41) is 5.64. The zero-order valence-electron chi connectivity index (χ0n) is 17.0. The summed E-state index contributed by atoms with van der Waals surface area (Å²) in [7, 11) is 3.20. The second kappa shape index (κ2) is 8.54. The first kappa shape index (κ1) is 19.9. The van der Waals surface area contributed by atoms with Gasteiger partial charge in [0.2, 0.25) is 11.9 Å². The number of methoxy groups -OCH3 is 2. The highest BCUT2D eigenvalue weighted by atomic mass is 32.1. The first-order valence-electron chi connectivity index (χ1n) is 9.54. The van der Waals surface area contributed by atoms with Gasteiger partial charge in [0.1, 0.15) is 5.01 Å². The van der Waals surface area contributed by atoms with Crippen molar-refractivity contribution >= 4 is 34.2 Å². The Balaban J connectivity index is 1.50. The number of amides is 1. The molecule has 2 aromatic carbocycles. The second-order valence-corrected chi connectivity index (χ2v) is 7.47. The van der Waals surface area contributed by atoms with E-state index < -0.39 is 0 Å². The maximum Gasteiger partial charge on any atom is 0.232 e. The molecule has 154 valence electrons. The number of rotatable bonds is 7. The Morgan fingerprint density at radius 3 is 2.67 bits per heavy atom. The van der Waals surface area contributed by atoms with Gasteiger partial charge in [-0.15, -0.1) is 11.3 Å². The molecule has 4 aromatic rings. The van der Waals surface area contributed by atoms with Crippen molar-refractivity contribution in [3.63, 3.8) is 0 Å². The monoisotopic (exact) mass is 422 g/mol. The van der Waals surface area contributed by atoms with Crippen LogP contribution in [0.5, 0.6) is 11.5 Å². The molecule has 0 aliphatic heterocycles. The van der Waals surface area contributed by atoms with E-state index >= 15 is 0 Å². The van der Waals surface area contributed by atoms with E-state index in [9.17, 15) is 4.79 Å². The quantitative estimate of drug-likeness (QED) is 0.478. The highest BCUT2D eigenvalue weighted by Gasteiger charge is 2.15. The lowest BCUT2D eigenvalue weighted by Gasteiger charge is -2.08. The lowest BCUT2D eigenvalue weighted by atomic mass is 10.2. The molecule has 2 heterocycles. The standard InChI is InChI=1S/C22H22N4O3S/c1-4-26-17-8-6-5-7-16(17)24-22(26)25-20(27)12-15-13-30-21(23-15)14-9-10-18(28-2)19(11-14)29-3/h5-11,13H,4,12H2,1-3H3,(H,24,25,27). The number of hydrogen-bond acceptors (Lipinski definition) is 6. The Bertz CT molecular complexity index is 1200. The number of fused-ring (bicyclic) bond motifs is 1. The van der Waals surface area contributed by atoms with Crippen molar-refractivity contribution in [2.45, 2.75) is 19.9 Å². The molecule has 0 spiro atoms. The van der Waals surface area contributed by atoms with Crippen molar-refractivity contribution in [2.75, 3.05) is 19.5 Å². The minimum atomic E-state index is -0.149. The van der Waals surface area contributed by atoms with Gasteiger partial charge in [0.15, 0.2) is 11.5 Å². The summed E-state index contributed by atoms with van der Waals surface area (Å²) in [6.45, 7) is 2.75. The largest absolute Gasteiger partial charge is 0.493 e. The number of thiazole rings is 1. The molecule has 2 aromatic heterocycles. The summed E-state index contributed by atoms with van der Waals surface area (Å²) >= 11 is 1.49. The lowest BCUT2D eigenvalue weighted by Crippen LogP contribution is -2.17.